The third-order valence-electron chi connectivity index (χ3n) is 2.33. The highest BCUT2D eigenvalue weighted by Gasteiger charge is 2.17. The van der Waals surface area contributed by atoms with E-state index >= 15 is 0 Å². The first kappa shape index (κ1) is 11.3. The maximum atomic E-state index is 13.1. The van der Waals surface area contributed by atoms with Gasteiger partial charge >= 0.3 is 5.97 Å². The van der Waals surface area contributed by atoms with Crippen LogP contribution in [-0.2, 0) is 11.8 Å². The summed E-state index contributed by atoms with van der Waals surface area (Å²) in [5, 5.41) is 4.14. The minimum absolute atomic E-state index is 0.320. The molecule has 1 aromatic heterocycles. The molecule has 0 N–H and O–H groups in total. The minimum atomic E-state index is -0.489. The molecule has 2 aromatic rings. The van der Waals surface area contributed by atoms with E-state index in [0.29, 0.717) is 16.8 Å². The predicted molar refractivity (Wildman–Crippen MR) is 59.9 cm³/mol. The summed E-state index contributed by atoms with van der Waals surface area (Å²) in [4.78, 5) is 11.5. The maximum absolute atomic E-state index is 13.1. The molecule has 1 aromatic carbocycles. The SMILES string of the molecule is COC(=O)c1cn(C)nc1-c1cccc(F)c1. The number of carbonyl (C=O) groups is 1. The van der Waals surface area contributed by atoms with E-state index in [1.807, 2.05) is 0 Å². The number of aryl methyl sites for hydroxylation is 1. The van der Waals surface area contributed by atoms with Gasteiger partial charge in [-0.1, -0.05) is 12.1 Å². The molecule has 17 heavy (non-hydrogen) atoms. The summed E-state index contributed by atoms with van der Waals surface area (Å²) in [5.41, 5.74) is 1.28. The molecule has 2 rings (SSSR count). The maximum Gasteiger partial charge on any atom is 0.341 e. The van der Waals surface area contributed by atoms with Crippen LogP contribution in [0.15, 0.2) is 30.5 Å². The third kappa shape index (κ3) is 2.18. The normalized spacial score (nSPS) is 10.3. The Morgan fingerprint density at radius 1 is 1.47 bits per heavy atom. The van der Waals surface area contributed by atoms with Gasteiger partial charge in [-0.15, -0.1) is 0 Å². The molecule has 1 heterocycles. The van der Waals surface area contributed by atoms with Crippen LogP contribution in [0.2, 0.25) is 0 Å². The molecule has 0 saturated heterocycles. The molecule has 0 amide bonds. The van der Waals surface area contributed by atoms with Crippen LogP contribution < -0.4 is 0 Å². The second-order valence-electron chi connectivity index (χ2n) is 3.57. The van der Waals surface area contributed by atoms with Crippen LogP contribution in [-0.4, -0.2) is 22.9 Å². The molecule has 0 unspecified atom stereocenters. The van der Waals surface area contributed by atoms with Gasteiger partial charge in [0.2, 0.25) is 0 Å². The van der Waals surface area contributed by atoms with Crippen molar-refractivity contribution in [1.82, 2.24) is 9.78 Å². The molecule has 4 nitrogen and oxygen atoms in total. The van der Waals surface area contributed by atoms with E-state index in [1.165, 1.54) is 23.9 Å². The molecule has 0 atom stereocenters. The molecule has 0 fully saturated rings. The molecule has 0 aliphatic rings. The van der Waals surface area contributed by atoms with E-state index in [-0.39, 0.29) is 5.82 Å². The zero-order valence-electron chi connectivity index (χ0n) is 9.48. The lowest BCUT2D eigenvalue weighted by molar-refractivity contribution is 0.0601. The van der Waals surface area contributed by atoms with Crippen molar-refractivity contribution in [2.75, 3.05) is 7.11 Å². The van der Waals surface area contributed by atoms with E-state index < -0.39 is 5.97 Å². The van der Waals surface area contributed by atoms with E-state index in [2.05, 4.69) is 9.84 Å². The van der Waals surface area contributed by atoms with E-state index in [0.717, 1.165) is 0 Å². The molecule has 88 valence electrons. The Morgan fingerprint density at radius 2 is 2.24 bits per heavy atom. The van der Waals surface area contributed by atoms with E-state index in [1.54, 1.807) is 25.4 Å². The van der Waals surface area contributed by atoms with Gasteiger partial charge in [0.15, 0.2) is 0 Å². The molecule has 0 spiro atoms. The number of rotatable bonds is 2. The summed E-state index contributed by atoms with van der Waals surface area (Å²) < 4.78 is 19.3. The molecule has 0 saturated carbocycles. The van der Waals surface area contributed by atoms with Crippen molar-refractivity contribution >= 4 is 5.97 Å². The zero-order chi connectivity index (χ0) is 12.4. The fourth-order valence-corrected chi connectivity index (χ4v) is 1.60. The summed E-state index contributed by atoms with van der Waals surface area (Å²) in [5.74, 6) is -0.860. The van der Waals surface area contributed by atoms with Crippen LogP contribution in [0.25, 0.3) is 11.3 Å². The van der Waals surface area contributed by atoms with Crippen molar-refractivity contribution in [1.29, 1.82) is 0 Å². The first-order valence-corrected chi connectivity index (χ1v) is 4.99. The molecule has 0 bridgehead atoms. The number of aromatic nitrogens is 2. The van der Waals surface area contributed by atoms with Gasteiger partial charge in [-0.3, -0.25) is 4.68 Å². The van der Waals surface area contributed by atoms with Crippen molar-refractivity contribution in [2.45, 2.75) is 0 Å². The second-order valence-corrected chi connectivity index (χ2v) is 3.57. The van der Waals surface area contributed by atoms with Gasteiger partial charge in [-0.05, 0) is 12.1 Å². The van der Waals surface area contributed by atoms with Crippen molar-refractivity contribution in [3.63, 3.8) is 0 Å². The molecule has 0 aliphatic heterocycles. The molecule has 5 heteroatoms. The van der Waals surface area contributed by atoms with Gasteiger partial charge in [0.1, 0.15) is 17.1 Å². The quantitative estimate of drug-likeness (QED) is 0.746. The van der Waals surface area contributed by atoms with Gasteiger partial charge in [0, 0.05) is 18.8 Å². The highest BCUT2D eigenvalue weighted by molar-refractivity contribution is 5.95. The van der Waals surface area contributed by atoms with Gasteiger partial charge in [0.25, 0.3) is 0 Å². The molecule has 0 aliphatic carbocycles. The predicted octanol–water partition coefficient (Wildman–Crippen LogP) is 2.01. The highest BCUT2D eigenvalue weighted by atomic mass is 19.1. The van der Waals surface area contributed by atoms with Crippen LogP contribution in [0.4, 0.5) is 4.39 Å². The molecular formula is C12H11FN2O2. The molecule has 0 radical (unpaired) electrons. The smallest absolute Gasteiger partial charge is 0.341 e. The van der Waals surface area contributed by atoms with Crippen molar-refractivity contribution < 1.29 is 13.9 Å². The van der Waals surface area contributed by atoms with Crippen LogP contribution in [0, 0.1) is 5.82 Å². The Labute approximate surface area is 97.6 Å². The van der Waals surface area contributed by atoms with Gasteiger partial charge < -0.3 is 4.74 Å². The van der Waals surface area contributed by atoms with Crippen LogP contribution in [0.3, 0.4) is 0 Å². The number of hydrogen-bond acceptors (Lipinski definition) is 3. The lowest BCUT2D eigenvalue weighted by Crippen LogP contribution is -2.01. The number of nitrogens with zero attached hydrogens (tertiary/aromatic N) is 2. The number of halogens is 1. The Balaban J connectivity index is 2.55. The summed E-state index contributed by atoms with van der Waals surface area (Å²) in [6.45, 7) is 0. The Kier molecular flexibility index (Phi) is 2.91. The average molecular weight is 234 g/mol. The van der Waals surface area contributed by atoms with Crippen LogP contribution in [0.5, 0.6) is 0 Å². The third-order valence-corrected chi connectivity index (χ3v) is 2.33. The number of carbonyl (C=O) groups excluding carboxylic acids is 1. The summed E-state index contributed by atoms with van der Waals surface area (Å²) in [6.07, 6.45) is 1.55. The van der Waals surface area contributed by atoms with Crippen molar-refractivity contribution in [3.8, 4) is 11.3 Å². The first-order chi connectivity index (χ1) is 8.11. The monoisotopic (exact) mass is 234 g/mol. The Morgan fingerprint density at radius 3 is 2.88 bits per heavy atom. The van der Waals surface area contributed by atoms with Gasteiger partial charge in [-0.2, -0.15) is 5.10 Å². The Bertz CT molecular complexity index is 563. The molecular weight excluding hydrogens is 223 g/mol. The topological polar surface area (TPSA) is 44.1 Å². The summed E-state index contributed by atoms with van der Waals surface area (Å²) in [6, 6.07) is 5.93. The lowest BCUT2D eigenvalue weighted by atomic mass is 10.1. The van der Waals surface area contributed by atoms with Crippen molar-refractivity contribution in [3.05, 3.63) is 41.8 Å². The number of esters is 1. The fourth-order valence-electron chi connectivity index (χ4n) is 1.60. The Hall–Kier alpha value is -2.17. The zero-order valence-corrected chi connectivity index (χ0v) is 9.48. The number of methoxy groups -OCH3 is 1. The largest absolute Gasteiger partial charge is 0.465 e. The lowest BCUT2D eigenvalue weighted by Gasteiger charge is -2.00. The van der Waals surface area contributed by atoms with Crippen molar-refractivity contribution in [2.24, 2.45) is 7.05 Å². The van der Waals surface area contributed by atoms with Gasteiger partial charge in [0.05, 0.1) is 7.11 Å². The summed E-state index contributed by atoms with van der Waals surface area (Å²) >= 11 is 0. The van der Waals surface area contributed by atoms with Crippen LogP contribution >= 0.6 is 0 Å². The van der Waals surface area contributed by atoms with Crippen LogP contribution in [0.1, 0.15) is 10.4 Å². The number of benzene rings is 1. The second kappa shape index (κ2) is 4.37. The first-order valence-electron chi connectivity index (χ1n) is 4.99. The minimum Gasteiger partial charge on any atom is -0.465 e. The fraction of sp³-hybridized carbons (Fsp3) is 0.167. The van der Waals surface area contributed by atoms with E-state index in [4.69, 9.17) is 0 Å². The van der Waals surface area contributed by atoms with Gasteiger partial charge in [-0.25, -0.2) is 9.18 Å². The number of ether oxygens (including phenoxy) is 1. The average Bonchev–Trinajstić information content (AvgIpc) is 2.70. The number of hydrogen-bond donors (Lipinski definition) is 0. The standard InChI is InChI=1S/C12H11FN2O2/c1-15-7-10(12(16)17-2)11(14-15)8-4-3-5-9(13)6-8/h3-7H,1-2H3. The highest BCUT2D eigenvalue weighted by Crippen LogP contribution is 2.23. The van der Waals surface area contributed by atoms with E-state index in [9.17, 15) is 9.18 Å². The summed E-state index contributed by atoms with van der Waals surface area (Å²) in [7, 11) is 2.99.